The fourth-order valence-corrected chi connectivity index (χ4v) is 9.87. The van der Waals surface area contributed by atoms with Gasteiger partial charge < -0.3 is 4.43 Å². The molecule has 0 aromatic carbocycles. The first-order valence-corrected chi connectivity index (χ1v) is 11.3. The van der Waals surface area contributed by atoms with Gasteiger partial charge in [0.05, 0.1) is 13.2 Å². The van der Waals surface area contributed by atoms with Crippen LogP contribution in [0.15, 0.2) is 0 Å². The van der Waals surface area contributed by atoms with Crippen molar-refractivity contribution < 1.29 is 9.22 Å². The molecule has 1 unspecified atom stereocenters. The normalized spacial score (nSPS) is 21.6. The Morgan fingerprint density at radius 3 is 2.04 bits per heavy atom. The van der Waals surface area contributed by atoms with Gasteiger partial charge in [-0.25, -0.2) is 0 Å². The molecule has 0 aliphatic carbocycles. The van der Waals surface area contributed by atoms with Crippen LogP contribution in [0.5, 0.6) is 0 Å². The zero-order valence-electron chi connectivity index (χ0n) is 16.6. The van der Waals surface area contributed by atoms with Gasteiger partial charge in [0.25, 0.3) is 0 Å². The summed E-state index contributed by atoms with van der Waals surface area (Å²) in [6.45, 7) is 20.0. The zero-order valence-corrected chi connectivity index (χ0v) is 17.6. The maximum atomic E-state index is 11.4. The molecule has 0 saturated carbocycles. The molecule has 23 heavy (non-hydrogen) atoms. The molecule has 0 N–H and O–H groups in total. The molecular formula is C18H38N2O2Si. The van der Waals surface area contributed by atoms with E-state index in [0.717, 1.165) is 26.2 Å². The van der Waals surface area contributed by atoms with Crippen molar-refractivity contribution >= 4 is 14.1 Å². The minimum atomic E-state index is -1.81. The minimum Gasteiger partial charge on any atom is -0.414 e. The lowest BCUT2D eigenvalue weighted by Gasteiger charge is -2.45. The van der Waals surface area contributed by atoms with Gasteiger partial charge in [0, 0.05) is 25.7 Å². The lowest BCUT2D eigenvalue weighted by molar-refractivity contribution is -0.118. The summed E-state index contributed by atoms with van der Waals surface area (Å²) in [6.07, 6.45) is 0. The maximum absolute atomic E-state index is 11.4. The highest BCUT2D eigenvalue weighted by molar-refractivity contribution is 6.77. The molecule has 0 aromatic heterocycles. The summed E-state index contributed by atoms with van der Waals surface area (Å²) in [5.74, 6) is 0.254. The van der Waals surface area contributed by atoms with Crippen LogP contribution in [0.2, 0.25) is 16.6 Å². The highest BCUT2D eigenvalue weighted by Gasteiger charge is 2.45. The smallest absolute Gasteiger partial charge is 0.200 e. The summed E-state index contributed by atoms with van der Waals surface area (Å²) >= 11 is 0. The van der Waals surface area contributed by atoms with Crippen LogP contribution < -0.4 is 0 Å². The fraction of sp³-hybridized carbons (Fsp3) is 0.944. The van der Waals surface area contributed by atoms with E-state index in [1.807, 2.05) is 0 Å². The molecule has 0 spiro atoms. The molecule has 136 valence electrons. The van der Waals surface area contributed by atoms with Crippen molar-refractivity contribution in [2.45, 2.75) is 71.1 Å². The lowest BCUT2D eigenvalue weighted by atomic mass is 10.2. The van der Waals surface area contributed by atoms with E-state index in [1.54, 1.807) is 6.92 Å². The van der Waals surface area contributed by atoms with E-state index in [2.05, 4.69) is 58.4 Å². The van der Waals surface area contributed by atoms with E-state index in [4.69, 9.17) is 4.43 Å². The first-order valence-electron chi connectivity index (χ1n) is 9.17. The van der Waals surface area contributed by atoms with Gasteiger partial charge in [-0.1, -0.05) is 41.5 Å². The molecule has 0 radical (unpaired) electrons. The summed E-state index contributed by atoms with van der Waals surface area (Å²) in [6, 6.07) is 0.395. The molecule has 1 rings (SSSR count). The second-order valence-corrected chi connectivity index (χ2v) is 13.7. The van der Waals surface area contributed by atoms with E-state index in [9.17, 15) is 4.79 Å². The first-order chi connectivity index (χ1) is 10.6. The van der Waals surface area contributed by atoms with Gasteiger partial charge >= 0.3 is 0 Å². The van der Waals surface area contributed by atoms with Crippen molar-refractivity contribution in [2.24, 2.45) is 0 Å². The largest absolute Gasteiger partial charge is 0.414 e. The van der Waals surface area contributed by atoms with Gasteiger partial charge in [-0.15, -0.1) is 0 Å². The monoisotopic (exact) mass is 342 g/mol. The molecular weight excluding hydrogens is 304 g/mol. The number of hydrogen-bond acceptors (Lipinski definition) is 4. The van der Waals surface area contributed by atoms with Crippen molar-refractivity contribution in [3.05, 3.63) is 0 Å². The highest BCUT2D eigenvalue weighted by atomic mass is 28.4. The number of carbonyl (C=O) groups is 1. The van der Waals surface area contributed by atoms with Crippen molar-refractivity contribution in [3.8, 4) is 0 Å². The molecule has 1 atom stereocenters. The predicted molar refractivity (Wildman–Crippen MR) is 101 cm³/mol. The summed E-state index contributed by atoms with van der Waals surface area (Å²) < 4.78 is 6.76. The van der Waals surface area contributed by atoms with Crippen LogP contribution >= 0.6 is 0 Å². The SMILES string of the molecule is CC(=O)CN1CCN(C)C(CO[Si](C(C)C)(C(C)C)C(C)C)C1. The first kappa shape index (κ1) is 20.8. The lowest BCUT2D eigenvalue weighted by Crippen LogP contribution is -2.57. The number of hydrogen-bond donors (Lipinski definition) is 0. The standard InChI is InChI=1S/C18H38N2O2Si/c1-14(2)23(15(3)4,16(5)6)22-13-18-12-20(11-17(7)21)10-9-19(18)8/h14-16,18H,9-13H2,1-8H3. The number of rotatable bonds is 8. The van der Waals surface area contributed by atoms with Crippen LogP contribution in [-0.4, -0.2) is 69.8 Å². The van der Waals surface area contributed by atoms with E-state index < -0.39 is 8.32 Å². The number of carbonyl (C=O) groups excluding carboxylic acids is 1. The Morgan fingerprint density at radius 2 is 1.61 bits per heavy atom. The van der Waals surface area contributed by atoms with Crippen molar-refractivity contribution in [3.63, 3.8) is 0 Å². The Bertz CT molecular complexity index is 363. The quantitative estimate of drug-likeness (QED) is 0.633. The molecule has 1 aliphatic heterocycles. The molecule has 0 aromatic rings. The second kappa shape index (κ2) is 8.74. The molecule has 1 fully saturated rings. The van der Waals surface area contributed by atoms with Crippen LogP contribution in [0.3, 0.4) is 0 Å². The van der Waals surface area contributed by atoms with Gasteiger partial charge in [-0.3, -0.25) is 14.6 Å². The summed E-state index contributed by atoms with van der Waals surface area (Å²) in [4.78, 5) is 16.1. The third-order valence-electron chi connectivity index (χ3n) is 5.54. The number of nitrogens with zero attached hydrogens (tertiary/aromatic N) is 2. The summed E-state index contributed by atoms with van der Waals surface area (Å²) in [5.41, 5.74) is 1.85. The Kier molecular flexibility index (Phi) is 7.91. The van der Waals surface area contributed by atoms with Gasteiger partial charge in [-0.05, 0) is 30.6 Å². The average molecular weight is 343 g/mol. The zero-order chi connectivity index (χ0) is 17.8. The molecule has 1 aliphatic rings. The number of piperazine rings is 1. The van der Waals surface area contributed by atoms with Crippen molar-refractivity contribution in [1.29, 1.82) is 0 Å². The molecule has 0 bridgehead atoms. The van der Waals surface area contributed by atoms with E-state index >= 15 is 0 Å². The van der Waals surface area contributed by atoms with Gasteiger partial charge in [0.2, 0.25) is 0 Å². The Hall–Kier alpha value is -0.233. The van der Waals surface area contributed by atoms with Crippen molar-refractivity contribution in [1.82, 2.24) is 9.80 Å². The number of Topliss-reactive ketones (excluding diaryl/α,β-unsaturated/α-hetero) is 1. The fourth-order valence-electron chi connectivity index (χ4n) is 4.39. The Labute approximate surface area is 144 Å². The molecule has 5 heteroatoms. The van der Waals surface area contributed by atoms with Gasteiger partial charge in [0.15, 0.2) is 8.32 Å². The average Bonchev–Trinajstić information content (AvgIpc) is 2.40. The maximum Gasteiger partial charge on any atom is 0.200 e. The van der Waals surface area contributed by atoms with Crippen LogP contribution in [0.25, 0.3) is 0 Å². The van der Waals surface area contributed by atoms with E-state index in [1.165, 1.54) is 0 Å². The molecule has 1 saturated heterocycles. The van der Waals surface area contributed by atoms with Gasteiger partial charge in [-0.2, -0.15) is 0 Å². The summed E-state index contributed by atoms with van der Waals surface area (Å²) in [7, 11) is 0.376. The molecule has 1 heterocycles. The summed E-state index contributed by atoms with van der Waals surface area (Å²) in [5, 5.41) is 0. The second-order valence-electron chi connectivity index (χ2n) is 8.20. The number of ketones is 1. The van der Waals surface area contributed by atoms with Crippen LogP contribution in [-0.2, 0) is 9.22 Å². The van der Waals surface area contributed by atoms with Crippen LogP contribution in [0.4, 0.5) is 0 Å². The van der Waals surface area contributed by atoms with Crippen molar-refractivity contribution in [2.75, 3.05) is 39.8 Å². The predicted octanol–water partition coefficient (Wildman–Crippen LogP) is 3.38. The van der Waals surface area contributed by atoms with Gasteiger partial charge in [0.1, 0.15) is 5.78 Å². The minimum absolute atomic E-state index is 0.254. The van der Waals surface area contributed by atoms with E-state index in [-0.39, 0.29) is 5.78 Å². The molecule has 4 nitrogen and oxygen atoms in total. The Balaban J connectivity index is 2.77. The van der Waals surface area contributed by atoms with Crippen LogP contribution in [0.1, 0.15) is 48.5 Å². The number of likely N-dealkylation sites (N-methyl/N-ethyl adjacent to an activating group) is 1. The third-order valence-corrected chi connectivity index (χ3v) is 11.6. The third kappa shape index (κ3) is 5.12. The van der Waals surface area contributed by atoms with E-state index in [0.29, 0.717) is 29.2 Å². The van der Waals surface area contributed by atoms with Crippen LogP contribution in [0, 0.1) is 0 Å². The highest BCUT2D eigenvalue weighted by Crippen LogP contribution is 2.42. The Morgan fingerprint density at radius 1 is 1.09 bits per heavy atom. The topological polar surface area (TPSA) is 32.8 Å². The molecule has 0 amide bonds.